The lowest BCUT2D eigenvalue weighted by atomic mass is 10.2. The number of carbonyl (C=O) groups excluding carboxylic acids is 1. The topological polar surface area (TPSA) is 109 Å². The van der Waals surface area contributed by atoms with Crippen LogP contribution < -0.4 is 15.8 Å². The number of guanidine groups is 1. The van der Waals surface area contributed by atoms with Gasteiger partial charge >= 0.3 is 0 Å². The minimum Gasteiger partial charge on any atom is -0.456 e. The number of carbonyl (C=O) groups is 1. The number of pyridine rings is 1. The number of H-pyrrole nitrogens is 1. The fourth-order valence-electron chi connectivity index (χ4n) is 2.62. The molecule has 27 heavy (non-hydrogen) atoms. The molecule has 0 saturated carbocycles. The fourth-order valence-corrected chi connectivity index (χ4v) is 2.62. The van der Waals surface area contributed by atoms with Crippen LogP contribution in [-0.2, 0) is 6.54 Å². The minimum atomic E-state index is -0.443. The van der Waals surface area contributed by atoms with Crippen molar-refractivity contribution in [2.45, 2.75) is 6.54 Å². The minimum absolute atomic E-state index is 0.0628. The predicted octanol–water partition coefficient (Wildman–Crippen LogP) is 2.09. The summed E-state index contributed by atoms with van der Waals surface area (Å²) in [7, 11) is 5.60. The molecule has 0 aliphatic rings. The molecule has 1 aromatic carbocycles. The van der Waals surface area contributed by atoms with Gasteiger partial charge in [0.05, 0.1) is 6.20 Å². The third kappa shape index (κ3) is 4.62. The SMILES string of the molecule is CNC(N)=NC(=O)c1cc2ccc(Oc3cncc(CN(C)C)c3)cc2[nH]1. The third-order valence-electron chi connectivity index (χ3n) is 3.81. The first-order valence-electron chi connectivity index (χ1n) is 8.40. The van der Waals surface area contributed by atoms with Crippen LogP contribution >= 0.6 is 0 Å². The number of aromatic amines is 1. The second-order valence-electron chi connectivity index (χ2n) is 6.35. The van der Waals surface area contributed by atoms with E-state index in [4.69, 9.17) is 10.5 Å². The molecule has 0 spiro atoms. The summed E-state index contributed by atoms with van der Waals surface area (Å²) >= 11 is 0. The molecule has 2 aromatic heterocycles. The Morgan fingerprint density at radius 3 is 2.81 bits per heavy atom. The molecule has 0 aliphatic carbocycles. The number of nitrogens with two attached hydrogens (primary N) is 1. The summed E-state index contributed by atoms with van der Waals surface area (Å²) in [5.41, 5.74) is 7.72. The van der Waals surface area contributed by atoms with Gasteiger partial charge in [0, 0.05) is 36.8 Å². The summed E-state index contributed by atoms with van der Waals surface area (Å²) in [5, 5.41) is 3.49. The van der Waals surface area contributed by atoms with Gasteiger partial charge in [0.15, 0.2) is 5.96 Å². The number of aromatic nitrogens is 2. The summed E-state index contributed by atoms with van der Waals surface area (Å²) in [6.07, 6.45) is 3.48. The number of benzene rings is 1. The second kappa shape index (κ2) is 7.88. The number of rotatable bonds is 5. The quantitative estimate of drug-likeness (QED) is 0.471. The summed E-state index contributed by atoms with van der Waals surface area (Å²) in [4.78, 5) is 25.2. The Labute approximate surface area is 157 Å². The molecule has 1 amide bonds. The van der Waals surface area contributed by atoms with E-state index in [1.54, 1.807) is 19.3 Å². The molecule has 0 bridgehead atoms. The van der Waals surface area contributed by atoms with Crippen LogP contribution in [0, 0.1) is 0 Å². The summed E-state index contributed by atoms with van der Waals surface area (Å²) in [6.45, 7) is 0.779. The largest absolute Gasteiger partial charge is 0.456 e. The van der Waals surface area contributed by atoms with Crippen molar-refractivity contribution in [1.82, 2.24) is 20.2 Å². The van der Waals surface area contributed by atoms with Crippen molar-refractivity contribution < 1.29 is 9.53 Å². The molecule has 4 N–H and O–H groups in total. The molecule has 8 heteroatoms. The molecule has 0 atom stereocenters. The summed E-state index contributed by atoms with van der Waals surface area (Å²) in [6, 6.07) is 9.23. The lowest BCUT2D eigenvalue weighted by Crippen LogP contribution is -2.28. The molecule has 2 heterocycles. The number of hydrogen-bond donors (Lipinski definition) is 3. The van der Waals surface area contributed by atoms with Gasteiger partial charge in [-0.15, -0.1) is 0 Å². The van der Waals surface area contributed by atoms with Crippen LogP contribution in [0.25, 0.3) is 10.9 Å². The summed E-state index contributed by atoms with van der Waals surface area (Å²) in [5.74, 6) is 0.919. The third-order valence-corrected chi connectivity index (χ3v) is 3.81. The highest BCUT2D eigenvalue weighted by Crippen LogP contribution is 2.26. The zero-order chi connectivity index (χ0) is 19.4. The van der Waals surface area contributed by atoms with Crippen LogP contribution in [-0.4, -0.2) is 47.9 Å². The van der Waals surface area contributed by atoms with Gasteiger partial charge in [-0.1, -0.05) is 0 Å². The molecule has 0 aliphatic heterocycles. The normalized spacial score (nSPS) is 11.8. The Kier molecular flexibility index (Phi) is 5.37. The average molecular weight is 366 g/mol. The standard InChI is InChI=1S/C19H22N6O2/c1-21-19(20)24-18(26)17-7-13-4-5-14(8-16(13)23-17)27-15-6-12(9-22-10-15)11-25(2)3/h4-10,23H,11H2,1-3H3,(H3,20,21,24,26). The van der Waals surface area contributed by atoms with Crippen molar-refractivity contribution in [2.24, 2.45) is 10.7 Å². The predicted molar refractivity (Wildman–Crippen MR) is 105 cm³/mol. The molecule has 0 fully saturated rings. The fraction of sp³-hybridized carbons (Fsp3) is 0.211. The van der Waals surface area contributed by atoms with Gasteiger partial charge in [0.1, 0.15) is 17.2 Å². The van der Waals surface area contributed by atoms with E-state index in [1.807, 2.05) is 44.6 Å². The van der Waals surface area contributed by atoms with Crippen molar-refractivity contribution in [3.8, 4) is 11.5 Å². The van der Waals surface area contributed by atoms with Crippen molar-refractivity contribution in [2.75, 3.05) is 21.1 Å². The number of nitrogens with zero attached hydrogens (tertiary/aromatic N) is 3. The highest BCUT2D eigenvalue weighted by atomic mass is 16.5. The van der Waals surface area contributed by atoms with Crippen molar-refractivity contribution >= 4 is 22.8 Å². The molecule has 8 nitrogen and oxygen atoms in total. The zero-order valence-electron chi connectivity index (χ0n) is 15.5. The number of aliphatic imine (C=N–C) groups is 1. The van der Waals surface area contributed by atoms with Gasteiger partial charge in [-0.3, -0.25) is 9.78 Å². The Morgan fingerprint density at radius 2 is 2.07 bits per heavy atom. The lowest BCUT2D eigenvalue weighted by Gasteiger charge is -2.11. The van der Waals surface area contributed by atoms with E-state index in [2.05, 4.69) is 25.2 Å². The van der Waals surface area contributed by atoms with Crippen molar-refractivity contribution in [1.29, 1.82) is 0 Å². The first kappa shape index (κ1) is 18.4. The van der Waals surface area contributed by atoms with E-state index in [0.717, 1.165) is 23.0 Å². The lowest BCUT2D eigenvalue weighted by molar-refractivity contribution is 0.0998. The van der Waals surface area contributed by atoms with Gasteiger partial charge in [-0.25, -0.2) is 0 Å². The number of amides is 1. The van der Waals surface area contributed by atoms with Gasteiger partial charge in [-0.2, -0.15) is 4.99 Å². The smallest absolute Gasteiger partial charge is 0.296 e. The van der Waals surface area contributed by atoms with E-state index in [-0.39, 0.29) is 5.96 Å². The van der Waals surface area contributed by atoms with Crippen LogP contribution in [0.1, 0.15) is 16.1 Å². The van der Waals surface area contributed by atoms with Gasteiger partial charge in [0.2, 0.25) is 0 Å². The van der Waals surface area contributed by atoms with Crippen molar-refractivity contribution in [3.05, 3.63) is 54.0 Å². The number of fused-ring (bicyclic) bond motifs is 1. The molecule has 0 radical (unpaired) electrons. The molecule has 0 saturated heterocycles. The Hall–Kier alpha value is -3.39. The molecular weight excluding hydrogens is 344 g/mol. The number of hydrogen-bond acceptors (Lipinski definition) is 4. The van der Waals surface area contributed by atoms with E-state index in [9.17, 15) is 4.79 Å². The maximum Gasteiger partial charge on any atom is 0.296 e. The first-order valence-corrected chi connectivity index (χ1v) is 8.40. The second-order valence-corrected chi connectivity index (χ2v) is 6.35. The molecule has 140 valence electrons. The van der Waals surface area contributed by atoms with Crippen LogP contribution in [0.2, 0.25) is 0 Å². The summed E-state index contributed by atoms with van der Waals surface area (Å²) < 4.78 is 5.92. The van der Waals surface area contributed by atoms with E-state index in [1.165, 1.54) is 0 Å². The van der Waals surface area contributed by atoms with E-state index >= 15 is 0 Å². The monoisotopic (exact) mass is 366 g/mol. The first-order chi connectivity index (χ1) is 12.9. The van der Waals surface area contributed by atoms with Gasteiger partial charge in [0.25, 0.3) is 5.91 Å². The van der Waals surface area contributed by atoms with Crippen LogP contribution in [0.15, 0.2) is 47.7 Å². The maximum atomic E-state index is 12.1. The average Bonchev–Trinajstić information content (AvgIpc) is 3.05. The highest BCUT2D eigenvalue weighted by molar-refractivity contribution is 6.04. The molecule has 3 rings (SSSR count). The van der Waals surface area contributed by atoms with E-state index in [0.29, 0.717) is 17.2 Å². The zero-order valence-corrected chi connectivity index (χ0v) is 15.5. The molecular formula is C19H22N6O2. The van der Waals surface area contributed by atoms with Crippen LogP contribution in [0.4, 0.5) is 0 Å². The number of ether oxygens (including phenoxy) is 1. The Morgan fingerprint density at radius 1 is 1.26 bits per heavy atom. The van der Waals surface area contributed by atoms with Gasteiger partial charge in [-0.05, 0) is 43.9 Å². The number of nitrogens with one attached hydrogen (secondary N) is 2. The maximum absolute atomic E-state index is 12.1. The molecule has 0 unspecified atom stereocenters. The molecule has 3 aromatic rings. The van der Waals surface area contributed by atoms with Gasteiger partial charge < -0.3 is 25.7 Å². The van der Waals surface area contributed by atoms with Crippen molar-refractivity contribution in [3.63, 3.8) is 0 Å². The van der Waals surface area contributed by atoms with Crippen LogP contribution in [0.5, 0.6) is 11.5 Å². The highest BCUT2D eigenvalue weighted by Gasteiger charge is 2.10. The Bertz CT molecular complexity index is 993. The van der Waals surface area contributed by atoms with Crippen LogP contribution in [0.3, 0.4) is 0 Å². The van der Waals surface area contributed by atoms with E-state index < -0.39 is 5.91 Å². The Balaban J connectivity index is 1.82.